The molecule has 21 heteroatoms. The summed E-state index contributed by atoms with van der Waals surface area (Å²) in [6.45, 7) is 2.33. The van der Waals surface area contributed by atoms with Crippen molar-refractivity contribution in [3.63, 3.8) is 0 Å². The quantitative estimate of drug-likeness (QED) is 0.0882. The van der Waals surface area contributed by atoms with Crippen LogP contribution < -0.4 is 35.0 Å². The Bertz CT molecular complexity index is 3340. The van der Waals surface area contributed by atoms with Gasteiger partial charge in [-0.25, -0.2) is 14.4 Å². The molecule has 2 aromatic heterocycles. The molecule has 0 saturated carbocycles. The van der Waals surface area contributed by atoms with E-state index in [1.807, 2.05) is 6.07 Å². The van der Waals surface area contributed by atoms with Gasteiger partial charge in [0.2, 0.25) is 23.1 Å². The van der Waals surface area contributed by atoms with E-state index in [0.717, 1.165) is 29.3 Å². The van der Waals surface area contributed by atoms with Crippen LogP contribution in [-0.4, -0.2) is 93.1 Å². The maximum absolute atomic E-state index is 15.6. The molecule has 6 aromatic rings. The number of rotatable bonds is 10. The van der Waals surface area contributed by atoms with Crippen LogP contribution >= 0.6 is 0 Å². The molecule has 2 saturated heterocycles. The second-order valence-electron chi connectivity index (χ2n) is 17.0. The van der Waals surface area contributed by atoms with Crippen LogP contribution in [0.1, 0.15) is 63.2 Å². The van der Waals surface area contributed by atoms with Gasteiger partial charge in [-0.1, -0.05) is 11.8 Å². The van der Waals surface area contributed by atoms with Crippen LogP contribution in [-0.2, 0) is 28.0 Å². The zero-order valence-electron chi connectivity index (χ0n) is 38.1. The molecule has 4 aromatic carbocycles. The summed E-state index contributed by atoms with van der Waals surface area (Å²) in [5.41, 5.74) is 1.48. The van der Waals surface area contributed by atoms with Crippen LogP contribution in [0.2, 0.25) is 0 Å². The number of anilines is 1. The second-order valence-corrected chi connectivity index (χ2v) is 17.0. The number of aryl methyl sites for hydroxylation is 1. The number of hydrogen-bond acceptors (Lipinski definition) is 12. The fourth-order valence-electron chi connectivity index (χ4n) is 8.80. The summed E-state index contributed by atoms with van der Waals surface area (Å²) in [4.78, 5) is 88.9. The summed E-state index contributed by atoms with van der Waals surface area (Å²) in [7, 11) is 2.93. The maximum atomic E-state index is 15.6. The number of fused-ring (bicyclic) bond motifs is 3. The summed E-state index contributed by atoms with van der Waals surface area (Å²) in [5.74, 6) is 2.75. The molecule has 9 rings (SSSR count). The zero-order chi connectivity index (χ0) is 50.3. The summed E-state index contributed by atoms with van der Waals surface area (Å²) in [5, 5.41) is 4.88. The molecule has 5 amide bonds. The number of nitrogens with zero attached hydrogens (tertiary/aromatic N) is 5. The summed E-state index contributed by atoms with van der Waals surface area (Å²) in [6.07, 6.45) is -2.11. The molecule has 0 bridgehead atoms. The van der Waals surface area contributed by atoms with E-state index in [2.05, 4.69) is 37.2 Å². The van der Waals surface area contributed by atoms with Crippen LogP contribution in [0.25, 0.3) is 21.8 Å². The Balaban J connectivity index is 0.806. The molecule has 5 heterocycles. The van der Waals surface area contributed by atoms with Crippen LogP contribution in [0.3, 0.4) is 0 Å². The molecular formula is C50H41F4N7O10. The van der Waals surface area contributed by atoms with Crippen molar-refractivity contribution in [2.24, 2.45) is 13.0 Å². The fraction of sp³-hybridized carbons (Fsp3) is 0.280. The highest BCUT2D eigenvalue weighted by atomic mass is 19.4. The minimum absolute atomic E-state index is 0.0216. The number of benzene rings is 4. The molecule has 0 spiro atoms. The van der Waals surface area contributed by atoms with Crippen LogP contribution in [0, 0.1) is 30.5 Å². The molecule has 17 nitrogen and oxygen atoms in total. The van der Waals surface area contributed by atoms with Crippen molar-refractivity contribution in [2.45, 2.75) is 51.6 Å². The number of halogens is 4. The first-order valence-electron chi connectivity index (χ1n) is 22.1. The third-order valence-corrected chi connectivity index (χ3v) is 12.6. The Hall–Kier alpha value is -8.54. The van der Waals surface area contributed by atoms with Gasteiger partial charge in [0.1, 0.15) is 23.7 Å². The van der Waals surface area contributed by atoms with Crippen molar-refractivity contribution < 1.29 is 60.5 Å². The van der Waals surface area contributed by atoms with Gasteiger partial charge in [0.25, 0.3) is 17.7 Å². The summed E-state index contributed by atoms with van der Waals surface area (Å²) >= 11 is 0. The second kappa shape index (κ2) is 19.1. The molecule has 3 aliphatic rings. The van der Waals surface area contributed by atoms with E-state index in [1.165, 1.54) is 67.2 Å². The minimum Gasteiger partial charge on any atom is -0.493 e. The lowest BCUT2D eigenvalue weighted by Gasteiger charge is -2.29. The fourth-order valence-corrected chi connectivity index (χ4v) is 8.80. The Morgan fingerprint density at radius 1 is 0.915 bits per heavy atom. The molecule has 364 valence electrons. The Morgan fingerprint density at radius 3 is 2.44 bits per heavy atom. The largest absolute Gasteiger partial charge is 0.573 e. The lowest BCUT2D eigenvalue weighted by atomic mass is 9.96. The van der Waals surface area contributed by atoms with Crippen molar-refractivity contribution in [3.05, 3.63) is 117 Å². The molecule has 1 unspecified atom stereocenters. The Kier molecular flexibility index (Phi) is 12.8. The smallest absolute Gasteiger partial charge is 0.493 e. The van der Waals surface area contributed by atoms with E-state index in [0.29, 0.717) is 42.4 Å². The van der Waals surface area contributed by atoms with E-state index in [9.17, 15) is 41.9 Å². The van der Waals surface area contributed by atoms with E-state index < -0.39 is 41.2 Å². The highest BCUT2D eigenvalue weighted by Gasteiger charge is 2.39. The van der Waals surface area contributed by atoms with Crippen LogP contribution in [0.15, 0.2) is 77.9 Å². The molecule has 0 radical (unpaired) electrons. The summed E-state index contributed by atoms with van der Waals surface area (Å²) < 4.78 is 77.0. The van der Waals surface area contributed by atoms with E-state index >= 15 is 4.39 Å². The highest BCUT2D eigenvalue weighted by molar-refractivity contribution is 6.07. The normalized spacial score (nSPS) is 16.0. The number of methoxy groups -OCH3 is 1. The SMILES string of the molecule is COc1cc2c(Oc3ccc(NC(=O)c4c(C)n(C)c5ccc(OC(F)(F)F)cc5c4=O)cc3F)ncnc2cc1OCC(=O)N1CCC(C#Cc2ccc3c(c2)CN(C2CCC(=O)NC2=O)C3=O)CC1. The van der Waals surface area contributed by atoms with Gasteiger partial charge >= 0.3 is 6.36 Å². The number of alkyl halides is 3. The van der Waals surface area contributed by atoms with Gasteiger partial charge in [0.05, 0.1) is 28.9 Å². The van der Waals surface area contributed by atoms with Crippen LogP contribution in [0.4, 0.5) is 23.2 Å². The van der Waals surface area contributed by atoms with E-state index in [1.54, 1.807) is 17.0 Å². The maximum Gasteiger partial charge on any atom is 0.573 e. The lowest BCUT2D eigenvalue weighted by molar-refractivity contribution is -0.274. The lowest BCUT2D eigenvalue weighted by Crippen LogP contribution is -2.52. The first-order valence-corrected chi connectivity index (χ1v) is 22.1. The van der Waals surface area contributed by atoms with Crippen LogP contribution in [0.5, 0.6) is 28.9 Å². The van der Waals surface area contributed by atoms with Crippen molar-refractivity contribution >= 4 is 57.0 Å². The Morgan fingerprint density at radius 2 is 1.70 bits per heavy atom. The number of hydrogen-bond donors (Lipinski definition) is 2. The number of nitrogens with one attached hydrogen (secondary N) is 2. The van der Waals surface area contributed by atoms with Gasteiger partial charge in [-0.15, -0.1) is 13.2 Å². The highest BCUT2D eigenvalue weighted by Crippen LogP contribution is 2.37. The van der Waals surface area contributed by atoms with Gasteiger partial charge in [-0.2, -0.15) is 0 Å². The van der Waals surface area contributed by atoms with Gasteiger partial charge in [0, 0.05) is 73.7 Å². The van der Waals surface area contributed by atoms with Crippen molar-refractivity contribution in [1.29, 1.82) is 0 Å². The molecule has 2 N–H and O–H groups in total. The third kappa shape index (κ3) is 9.86. The average molecular weight is 976 g/mol. The first-order chi connectivity index (χ1) is 33.9. The number of imide groups is 1. The molecule has 1 atom stereocenters. The van der Waals surface area contributed by atoms with Gasteiger partial charge < -0.3 is 38.6 Å². The standard InChI is InChI=1S/C50H41F4N7O10/c1-26-44(45(64)34-20-31(71-50(52,53)54)8-10-37(34)59(26)2)47(66)57-30-7-12-39(35(51)19-30)70-48-33-21-40(68-3)41(22-36(33)55-25-56-48)69-24-43(63)60-16-14-27(15-17-60)4-5-28-6-9-32-29(18-28)23-61(49(32)67)38-11-13-42(62)58-46(38)65/h6-10,12,18-22,25,27,38H,11,13-17,23-24H2,1-3H3,(H,57,66)(H,58,62,65). The van der Waals surface area contributed by atoms with E-state index in [-0.39, 0.29) is 101 Å². The van der Waals surface area contributed by atoms with Gasteiger partial charge in [0.15, 0.2) is 29.7 Å². The predicted octanol–water partition coefficient (Wildman–Crippen LogP) is 6.31. The monoisotopic (exact) mass is 975 g/mol. The minimum atomic E-state index is -5.01. The molecule has 3 aliphatic heterocycles. The molecular weight excluding hydrogens is 935 g/mol. The van der Waals surface area contributed by atoms with Crippen molar-refractivity contribution in [1.82, 2.24) is 29.7 Å². The number of pyridine rings is 1. The molecule has 71 heavy (non-hydrogen) atoms. The van der Waals surface area contributed by atoms with Crippen molar-refractivity contribution in [3.8, 4) is 40.7 Å². The van der Waals surface area contributed by atoms with Gasteiger partial charge in [-0.3, -0.25) is 34.1 Å². The average Bonchev–Trinajstić information content (AvgIpc) is 3.66. The predicted molar refractivity (Wildman–Crippen MR) is 245 cm³/mol. The zero-order valence-corrected chi connectivity index (χ0v) is 38.1. The third-order valence-electron chi connectivity index (χ3n) is 12.6. The number of carbonyl (C=O) groups is 5. The molecule has 0 aliphatic carbocycles. The first kappa shape index (κ1) is 47.5. The van der Waals surface area contributed by atoms with Crippen molar-refractivity contribution in [2.75, 3.05) is 32.1 Å². The number of amides is 5. The number of piperidine rings is 2. The number of ether oxygens (including phenoxy) is 4. The number of likely N-dealkylation sites (tertiary alicyclic amines) is 1. The van der Waals surface area contributed by atoms with E-state index in [4.69, 9.17) is 14.2 Å². The number of aromatic nitrogens is 3. The summed E-state index contributed by atoms with van der Waals surface area (Å²) in [6, 6.07) is 14.4. The van der Waals surface area contributed by atoms with Gasteiger partial charge in [-0.05, 0) is 86.3 Å². The number of carbonyl (C=O) groups excluding carboxylic acids is 5. The molecule has 2 fully saturated rings. The topological polar surface area (TPSA) is 201 Å². The Labute approximate surface area is 400 Å².